The molecule has 18 heavy (non-hydrogen) atoms. The summed E-state index contributed by atoms with van der Waals surface area (Å²) in [6.45, 7) is 3.25. The first-order valence-electron chi connectivity index (χ1n) is 6.33. The molecule has 0 saturated carbocycles. The third kappa shape index (κ3) is 3.33. The maximum atomic E-state index is 12.1. The molecule has 1 aromatic rings. The highest BCUT2D eigenvalue weighted by Gasteiger charge is 2.24. The van der Waals surface area contributed by atoms with Crippen molar-refractivity contribution in [3.63, 3.8) is 0 Å². The number of halogens is 1. The molecule has 1 aliphatic rings. The van der Waals surface area contributed by atoms with Crippen LogP contribution in [0.1, 0.15) is 30.1 Å². The third-order valence-electron chi connectivity index (χ3n) is 3.63. The van der Waals surface area contributed by atoms with Crippen LogP contribution in [0.2, 0.25) is 0 Å². The number of carbonyl (C=O) groups is 1. The summed E-state index contributed by atoms with van der Waals surface area (Å²) >= 11 is 3.39. The quantitative estimate of drug-likeness (QED) is 0.911. The van der Waals surface area contributed by atoms with Gasteiger partial charge < -0.3 is 10.2 Å². The molecule has 0 bridgehead atoms. The Hall–Kier alpha value is -0.870. The van der Waals surface area contributed by atoms with Crippen molar-refractivity contribution in [2.75, 3.05) is 13.6 Å². The Morgan fingerprint density at radius 2 is 2.28 bits per heavy atom. The molecule has 1 saturated heterocycles. The zero-order valence-electron chi connectivity index (χ0n) is 10.8. The first-order chi connectivity index (χ1) is 8.56. The lowest BCUT2D eigenvalue weighted by Crippen LogP contribution is -2.47. The van der Waals surface area contributed by atoms with Gasteiger partial charge in [-0.2, -0.15) is 0 Å². The number of hydrogen-bond acceptors (Lipinski definition) is 2. The van der Waals surface area contributed by atoms with Crippen LogP contribution in [0.4, 0.5) is 0 Å². The highest BCUT2D eigenvalue weighted by atomic mass is 79.9. The number of hydrogen-bond donors (Lipinski definition) is 1. The van der Waals surface area contributed by atoms with E-state index >= 15 is 0 Å². The molecule has 4 heteroatoms. The topological polar surface area (TPSA) is 32.3 Å². The van der Waals surface area contributed by atoms with Crippen LogP contribution in [0, 0.1) is 0 Å². The normalized spacial score (nSPS) is 24.8. The number of likely N-dealkylation sites (tertiary alicyclic amines) is 1. The van der Waals surface area contributed by atoms with E-state index < -0.39 is 0 Å². The van der Waals surface area contributed by atoms with Crippen LogP contribution in [0.3, 0.4) is 0 Å². The lowest BCUT2D eigenvalue weighted by Gasteiger charge is -2.35. The first-order valence-corrected chi connectivity index (χ1v) is 7.12. The van der Waals surface area contributed by atoms with Gasteiger partial charge in [-0.05, 0) is 45.0 Å². The van der Waals surface area contributed by atoms with Crippen LogP contribution in [0.25, 0.3) is 0 Å². The molecule has 2 atom stereocenters. The van der Waals surface area contributed by atoms with Gasteiger partial charge in [-0.1, -0.05) is 22.0 Å². The summed E-state index contributed by atoms with van der Waals surface area (Å²) in [5.74, 6) is 0.0260. The average molecular weight is 311 g/mol. The summed E-state index contributed by atoms with van der Waals surface area (Å²) in [7, 11) is 2.14. The molecule has 2 rings (SSSR count). The molecule has 1 N–H and O–H groups in total. The lowest BCUT2D eigenvalue weighted by molar-refractivity contribution is 0.0896. The number of amides is 1. The molecule has 1 fully saturated rings. The number of rotatable bonds is 2. The minimum absolute atomic E-state index is 0.0260. The molecule has 0 aromatic heterocycles. The minimum Gasteiger partial charge on any atom is -0.349 e. The van der Waals surface area contributed by atoms with E-state index in [1.54, 1.807) is 0 Å². The predicted molar refractivity (Wildman–Crippen MR) is 76.7 cm³/mol. The second kappa shape index (κ2) is 5.85. The molecular weight excluding hydrogens is 292 g/mol. The van der Waals surface area contributed by atoms with E-state index in [1.165, 1.54) is 0 Å². The van der Waals surface area contributed by atoms with Gasteiger partial charge in [-0.25, -0.2) is 0 Å². The highest BCUT2D eigenvalue weighted by Crippen LogP contribution is 2.17. The number of carbonyl (C=O) groups excluding carboxylic acids is 1. The molecule has 1 aromatic carbocycles. The highest BCUT2D eigenvalue weighted by molar-refractivity contribution is 9.10. The molecule has 0 spiro atoms. The van der Waals surface area contributed by atoms with Gasteiger partial charge in [-0.15, -0.1) is 0 Å². The largest absolute Gasteiger partial charge is 0.349 e. The van der Waals surface area contributed by atoms with Crippen molar-refractivity contribution >= 4 is 21.8 Å². The van der Waals surface area contributed by atoms with Gasteiger partial charge in [0.1, 0.15) is 0 Å². The predicted octanol–water partition coefficient (Wildman–Crippen LogP) is 2.66. The van der Waals surface area contributed by atoms with Gasteiger partial charge in [0.25, 0.3) is 5.91 Å². The maximum absolute atomic E-state index is 12.1. The number of nitrogens with zero attached hydrogens (tertiary/aromatic N) is 1. The fraction of sp³-hybridized carbons (Fsp3) is 0.500. The molecule has 1 heterocycles. The van der Waals surface area contributed by atoms with Crippen molar-refractivity contribution in [2.45, 2.75) is 31.8 Å². The van der Waals surface area contributed by atoms with Gasteiger partial charge >= 0.3 is 0 Å². The van der Waals surface area contributed by atoms with E-state index in [2.05, 4.69) is 40.1 Å². The fourth-order valence-electron chi connectivity index (χ4n) is 2.32. The lowest BCUT2D eigenvalue weighted by atomic mass is 9.98. The van der Waals surface area contributed by atoms with E-state index in [0.717, 1.165) is 29.4 Å². The number of piperidine rings is 1. The zero-order valence-corrected chi connectivity index (χ0v) is 12.4. The van der Waals surface area contributed by atoms with Crippen molar-refractivity contribution < 1.29 is 4.79 Å². The van der Waals surface area contributed by atoms with Gasteiger partial charge in [0.2, 0.25) is 0 Å². The number of benzene rings is 1. The van der Waals surface area contributed by atoms with Crippen LogP contribution >= 0.6 is 15.9 Å². The first kappa shape index (κ1) is 13.6. The Kier molecular flexibility index (Phi) is 4.40. The summed E-state index contributed by atoms with van der Waals surface area (Å²) in [6, 6.07) is 8.34. The Labute approximate surface area is 117 Å². The van der Waals surface area contributed by atoms with Crippen LogP contribution in [0.15, 0.2) is 28.7 Å². The van der Waals surface area contributed by atoms with Crippen LogP contribution in [0.5, 0.6) is 0 Å². The standard InChI is InChI=1S/C14H19BrN2O/c1-10-8-13(6-7-17(10)2)16-14(18)11-4-3-5-12(15)9-11/h3-5,9-10,13H,6-8H2,1-2H3,(H,16,18). The van der Waals surface area contributed by atoms with Crippen molar-refractivity contribution in [2.24, 2.45) is 0 Å². The van der Waals surface area contributed by atoms with Crippen LogP contribution in [-0.2, 0) is 0 Å². The Bertz CT molecular complexity index is 436. The SMILES string of the molecule is CC1CC(NC(=O)c2cccc(Br)c2)CCN1C. The van der Waals surface area contributed by atoms with Crippen molar-refractivity contribution in [1.82, 2.24) is 10.2 Å². The summed E-state index contributed by atoms with van der Waals surface area (Å²) < 4.78 is 0.937. The van der Waals surface area contributed by atoms with Crippen LogP contribution in [-0.4, -0.2) is 36.5 Å². The summed E-state index contributed by atoms with van der Waals surface area (Å²) in [5, 5.41) is 3.13. The molecule has 1 aliphatic heterocycles. The molecule has 2 unspecified atom stereocenters. The van der Waals surface area contributed by atoms with Gasteiger partial charge in [0.05, 0.1) is 0 Å². The summed E-state index contributed by atoms with van der Waals surface area (Å²) in [5.41, 5.74) is 0.718. The molecule has 0 radical (unpaired) electrons. The Morgan fingerprint density at radius 1 is 1.50 bits per heavy atom. The molecule has 98 valence electrons. The second-order valence-electron chi connectivity index (χ2n) is 5.03. The van der Waals surface area contributed by atoms with E-state index in [1.807, 2.05) is 24.3 Å². The maximum Gasteiger partial charge on any atom is 0.251 e. The molecule has 3 nitrogen and oxygen atoms in total. The third-order valence-corrected chi connectivity index (χ3v) is 4.12. The second-order valence-corrected chi connectivity index (χ2v) is 5.95. The van der Waals surface area contributed by atoms with E-state index in [4.69, 9.17) is 0 Å². The van der Waals surface area contributed by atoms with E-state index in [9.17, 15) is 4.79 Å². The smallest absolute Gasteiger partial charge is 0.251 e. The van der Waals surface area contributed by atoms with Crippen molar-refractivity contribution in [3.8, 4) is 0 Å². The van der Waals surface area contributed by atoms with E-state index in [0.29, 0.717) is 12.1 Å². The molecular formula is C14H19BrN2O. The number of nitrogens with one attached hydrogen (secondary N) is 1. The van der Waals surface area contributed by atoms with Crippen molar-refractivity contribution in [1.29, 1.82) is 0 Å². The molecule has 0 aliphatic carbocycles. The fourth-order valence-corrected chi connectivity index (χ4v) is 2.72. The van der Waals surface area contributed by atoms with E-state index in [-0.39, 0.29) is 5.91 Å². The van der Waals surface area contributed by atoms with Gasteiger partial charge in [0.15, 0.2) is 0 Å². The van der Waals surface area contributed by atoms with Crippen LogP contribution < -0.4 is 5.32 Å². The van der Waals surface area contributed by atoms with Crippen molar-refractivity contribution in [3.05, 3.63) is 34.3 Å². The average Bonchev–Trinajstić information content (AvgIpc) is 2.34. The Balaban J connectivity index is 1.96. The zero-order chi connectivity index (χ0) is 13.1. The monoisotopic (exact) mass is 310 g/mol. The summed E-state index contributed by atoms with van der Waals surface area (Å²) in [6.07, 6.45) is 2.05. The Morgan fingerprint density at radius 3 is 2.94 bits per heavy atom. The van der Waals surface area contributed by atoms with Gasteiger partial charge in [0, 0.05) is 28.7 Å². The summed E-state index contributed by atoms with van der Waals surface area (Å²) in [4.78, 5) is 14.4. The molecule has 1 amide bonds. The minimum atomic E-state index is 0.0260. The van der Waals surface area contributed by atoms with Gasteiger partial charge in [-0.3, -0.25) is 4.79 Å².